The number of carbonyl (C=O) groups is 2. The lowest BCUT2D eigenvalue weighted by Gasteiger charge is -2.36. The molecule has 0 atom stereocenters. The predicted molar refractivity (Wildman–Crippen MR) is 108 cm³/mol. The Hall–Kier alpha value is -3.71. The van der Waals surface area contributed by atoms with Crippen LogP contribution in [0.4, 0.5) is 0 Å². The number of esters is 1. The fraction of sp³-hybridized carbons (Fsp3) is 0.0909. The van der Waals surface area contributed by atoms with Gasteiger partial charge in [-0.3, -0.25) is 4.79 Å². The van der Waals surface area contributed by atoms with Crippen molar-refractivity contribution in [1.82, 2.24) is 0 Å². The van der Waals surface area contributed by atoms with Crippen LogP contribution in [0.5, 0.6) is 23.0 Å². The van der Waals surface area contributed by atoms with E-state index < -0.39 is 17.5 Å². The molecule has 3 aromatic rings. The van der Waals surface area contributed by atoms with Crippen molar-refractivity contribution < 1.29 is 29.3 Å². The number of primary amides is 1. The van der Waals surface area contributed by atoms with Crippen LogP contribution in [0.3, 0.4) is 0 Å². The summed E-state index contributed by atoms with van der Waals surface area (Å²) in [5, 5.41) is 19.7. The van der Waals surface area contributed by atoms with Gasteiger partial charge in [-0.1, -0.05) is 18.2 Å². The maximum atomic E-state index is 12.5. The minimum atomic E-state index is -1.17. The normalized spacial score (nSPS) is 14.4. The third-order valence-electron chi connectivity index (χ3n) is 4.81. The van der Waals surface area contributed by atoms with Gasteiger partial charge in [0, 0.05) is 28.8 Å². The third-order valence-corrected chi connectivity index (χ3v) is 5.08. The Morgan fingerprint density at radius 1 is 0.933 bits per heavy atom. The van der Waals surface area contributed by atoms with Crippen molar-refractivity contribution in [3.05, 3.63) is 82.9 Å². The molecule has 8 heteroatoms. The van der Waals surface area contributed by atoms with Crippen molar-refractivity contribution in [2.24, 2.45) is 5.73 Å². The monoisotopic (exact) mass is 425 g/mol. The number of phenolic OH excluding ortho intramolecular Hbond substituents is 2. The van der Waals surface area contributed by atoms with E-state index in [4.69, 9.17) is 21.1 Å². The second-order valence-corrected chi connectivity index (χ2v) is 6.95. The number of aromatic hydroxyl groups is 2. The van der Waals surface area contributed by atoms with E-state index in [2.05, 4.69) is 5.73 Å². The number of phenols is 2. The molecule has 0 bridgehead atoms. The molecule has 2 aliphatic heterocycles. The molecule has 0 saturated carbocycles. The van der Waals surface area contributed by atoms with Crippen LogP contribution < -0.4 is 10.5 Å². The number of amides is 1. The molecule has 3 aromatic carbocycles. The molecule has 0 aromatic heterocycles. The fourth-order valence-electron chi connectivity index (χ4n) is 3.65. The van der Waals surface area contributed by atoms with Crippen molar-refractivity contribution in [2.45, 2.75) is 5.60 Å². The second kappa shape index (κ2) is 7.27. The Labute approximate surface area is 176 Å². The summed E-state index contributed by atoms with van der Waals surface area (Å²) >= 11 is 4.86. The van der Waals surface area contributed by atoms with Crippen LogP contribution in [0.2, 0.25) is 0 Å². The Kier molecular flexibility index (Phi) is 4.75. The molecular weight excluding hydrogens is 410 g/mol. The van der Waals surface area contributed by atoms with Gasteiger partial charge in [0.2, 0.25) is 5.91 Å². The smallest absolute Gasteiger partial charge is 0.340 e. The number of fused-ring (bicyclic) bond motifs is 6. The zero-order chi connectivity index (χ0) is 21.5. The standard InChI is InChI=1S/C20H12O5.C2H4ClNO/c21-11-5-7-15-17(9-11)24-18-10-12(22)6-8-16(18)20(15)14-4-2-1-3-13(14)19(23)25-20;3-1-2(4)5/h1-10,21-22H;1H2,(H2,4,5). The molecule has 152 valence electrons. The predicted octanol–water partition coefficient (Wildman–Crippen LogP) is 3.38. The maximum Gasteiger partial charge on any atom is 0.340 e. The molecule has 4 N–H and O–H groups in total. The number of rotatable bonds is 1. The summed E-state index contributed by atoms with van der Waals surface area (Å²) in [6.07, 6.45) is 0. The molecule has 2 aliphatic rings. The minimum Gasteiger partial charge on any atom is -0.508 e. The van der Waals surface area contributed by atoms with Gasteiger partial charge in [-0.15, -0.1) is 11.6 Å². The van der Waals surface area contributed by atoms with Gasteiger partial charge >= 0.3 is 5.97 Å². The van der Waals surface area contributed by atoms with Crippen LogP contribution in [0.1, 0.15) is 27.0 Å². The van der Waals surface area contributed by atoms with Crippen LogP contribution in [0.25, 0.3) is 0 Å². The quantitative estimate of drug-likeness (QED) is 0.406. The van der Waals surface area contributed by atoms with Crippen molar-refractivity contribution in [2.75, 3.05) is 5.88 Å². The summed E-state index contributed by atoms with van der Waals surface area (Å²) in [5.74, 6) is -0.155. The first-order valence-electron chi connectivity index (χ1n) is 8.88. The Morgan fingerprint density at radius 3 is 2.00 bits per heavy atom. The molecule has 0 radical (unpaired) electrons. The first kappa shape index (κ1) is 19.6. The largest absolute Gasteiger partial charge is 0.508 e. The summed E-state index contributed by atoms with van der Waals surface area (Å²) in [7, 11) is 0. The molecule has 2 heterocycles. The van der Waals surface area contributed by atoms with Crippen molar-refractivity contribution in [3.8, 4) is 23.0 Å². The van der Waals surface area contributed by atoms with E-state index in [0.29, 0.717) is 33.8 Å². The highest BCUT2D eigenvalue weighted by molar-refractivity contribution is 6.27. The number of hydrogen-bond donors (Lipinski definition) is 3. The van der Waals surface area contributed by atoms with Crippen LogP contribution >= 0.6 is 11.6 Å². The number of halogens is 1. The van der Waals surface area contributed by atoms with Gasteiger partial charge in [0.05, 0.1) is 5.56 Å². The maximum absolute atomic E-state index is 12.5. The van der Waals surface area contributed by atoms with E-state index in [1.54, 1.807) is 24.3 Å². The van der Waals surface area contributed by atoms with E-state index >= 15 is 0 Å². The number of nitrogens with two attached hydrogens (primary N) is 1. The average molecular weight is 426 g/mol. The van der Waals surface area contributed by atoms with E-state index in [0.717, 1.165) is 0 Å². The van der Waals surface area contributed by atoms with Crippen LogP contribution in [-0.2, 0) is 15.1 Å². The molecule has 5 rings (SSSR count). The first-order chi connectivity index (χ1) is 14.4. The lowest BCUT2D eigenvalue weighted by Crippen LogP contribution is -2.32. The molecule has 1 spiro atoms. The van der Waals surface area contributed by atoms with Gasteiger partial charge in [0.1, 0.15) is 28.9 Å². The van der Waals surface area contributed by atoms with E-state index in [-0.39, 0.29) is 17.4 Å². The highest BCUT2D eigenvalue weighted by atomic mass is 35.5. The second-order valence-electron chi connectivity index (χ2n) is 6.68. The van der Waals surface area contributed by atoms with Gasteiger partial charge in [-0.25, -0.2) is 4.79 Å². The minimum absolute atomic E-state index is 0.0371. The highest BCUT2D eigenvalue weighted by Gasteiger charge is 2.53. The van der Waals surface area contributed by atoms with Crippen LogP contribution in [0.15, 0.2) is 60.7 Å². The van der Waals surface area contributed by atoms with Gasteiger partial charge < -0.3 is 25.4 Å². The van der Waals surface area contributed by atoms with Gasteiger partial charge in [0.25, 0.3) is 0 Å². The zero-order valence-electron chi connectivity index (χ0n) is 15.5. The number of carbonyl (C=O) groups excluding carboxylic acids is 2. The molecular formula is C22H16ClNO6. The molecule has 0 saturated heterocycles. The summed E-state index contributed by atoms with van der Waals surface area (Å²) < 4.78 is 11.8. The third kappa shape index (κ3) is 3.00. The van der Waals surface area contributed by atoms with Crippen molar-refractivity contribution in [3.63, 3.8) is 0 Å². The number of hydrogen-bond acceptors (Lipinski definition) is 6. The summed E-state index contributed by atoms with van der Waals surface area (Å²) in [6, 6.07) is 16.6. The summed E-state index contributed by atoms with van der Waals surface area (Å²) in [6.45, 7) is 0. The fourth-order valence-corrected chi connectivity index (χ4v) is 3.65. The Bertz CT molecular complexity index is 1120. The highest BCUT2D eigenvalue weighted by Crippen LogP contribution is 2.56. The van der Waals surface area contributed by atoms with Crippen LogP contribution in [0, 0.1) is 0 Å². The number of ether oxygens (including phenoxy) is 2. The lowest BCUT2D eigenvalue weighted by atomic mass is 9.77. The molecule has 1 amide bonds. The summed E-state index contributed by atoms with van der Waals surface area (Å²) in [4.78, 5) is 22.0. The SMILES string of the molecule is NC(=O)CCl.O=C1OC2(c3ccc(O)cc3Oc3cc(O)ccc32)c2ccccc21. The van der Waals surface area contributed by atoms with Crippen molar-refractivity contribution in [1.29, 1.82) is 0 Å². The van der Waals surface area contributed by atoms with Crippen molar-refractivity contribution >= 4 is 23.5 Å². The van der Waals surface area contributed by atoms with Gasteiger partial charge in [-0.2, -0.15) is 0 Å². The molecule has 30 heavy (non-hydrogen) atoms. The van der Waals surface area contributed by atoms with E-state index in [9.17, 15) is 19.8 Å². The molecule has 0 unspecified atom stereocenters. The molecule has 0 aliphatic carbocycles. The first-order valence-corrected chi connectivity index (χ1v) is 9.42. The lowest BCUT2D eigenvalue weighted by molar-refractivity contribution is -0.115. The molecule has 7 nitrogen and oxygen atoms in total. The zero-order valence-corrected chi connectivity index (χ0v) is 16.2. The molecule has 0 fully saturated rings. The van der Waals surface area contributed by atoms with E-state index in [1.807, 2.05) is 12.1 Å². The number of benzene rings is 3. The van der Waals surface area contributed by atoms with Crippen LogP contribution in [-0.4, -0.2) is 28.0 Å². The van der Waals surface area contributed by atoms with Gasteiger partial charge in [-0.05, 0) is 30.3 Å². The van der Waals surface area contributed by atoms with Gasteiger partial charge in [0.15, 0.2) is 5.60 Å². The average Bonchev–Trinajstić information content (AvgIpc) is 3.01. The number of alkyl halides is 1. The Morgan fingerprint density at radius 2 is 1.47 bits per heavy atom. The topological polar surface area (TPSA) is 119 Å². The van der Waals surface area contributed by atoms with E-state index in [1.165, 1.54) is 24.3 Å². The summed E-state index contributed by atoms with van der Waals surface area (Å²) in [5.41, 5.74) is 5.80. The Balaban J connectivity index is 0.000000393.